The summed E-state index contributed by atoms with van der Waals surface area (Å²) >= 11 is 1.63. The van der Waals surface area contributed by atoms with Crippen LogP contribution in [0.2, 0.25) is 0 Å². The first-order valence-corrected chi connectivity index (χ1v) is 39.7. The van der Waals surface area contributed by atoms with Crippen molar-refractivity contribution < 1.29 is 80.9 Å². The number of carbonyl (C=O) groups is 6. The van der Waals surface area contributed by atoms with E-state index in [4.69, 9.17) is 48.4 Å². The molecule has 2 unspecified atom stereocenters. The van der Waals surface area contributed by atoms with Gasteiger partial charge in [0.1, 0.15) is 29.0 Å². The number of nitrogens with zero attached hydrogens (tertiary/aromatic N) is 6. The van der Waals surface area contributed by atoms with Gasteiger partial charge in [0.25, 0.3) is 17.4 Å². The van der Waals surface area contributed by atoms with Gasteiger partial charge < -0.3 is 85.4 Å². The highest BCUT2D eigenvalue weighted by Crippen LogP contribution is 2.50. The molecule has 0 fully saturated rings. The molecule has 0 radical (unpaired) electrons. The number of aromatic amines is 1. The molecule has 3 heterocycles. The van der Waals surface area contributed by atoms with E-state index in [1.165, 1.54) is 18.3 Å². The zero-order valence-electron chi connectivity index (χ0n) is 65.6. The SMILES string of the molecule is COc1ccc(C(SCCC(=O)NCCCOCCOCCOCCCn2nnc3c2CCCCCC3(F)C(=O)NCCOCCOCCOCCNC(=O)CCC(NC(=O)c2ccc(NCc3cnc4nc(N)[nH]c(=O)c4n3)cc2)C(=O)O)(c2ccc(OC)cc2)c2ccc(OC)c(C#CCCC(=O)NCc3ccccc3)c2)cc1. The van der Waals surface area contributed by atoms with Crippen molar-refractivity contribution in [3.8, 4) is 29.1 Å². The Hall–Kier alpha value is -11.1. The van der Waals surface area contributed by atoms with E-state index in [9.17, 15) is 38.7 Å². The lowest BCUT2D eigenvalue weighted by molar-refractivity contribution is -0.139. The standard InChI is InChI=1S/C83H103FN14O17S/c1-107-66-28-21-61(22-29-66)83(62-23-30-67(108-2)31-24-62,63-25-33-70(109-3)60(54-63)16-9-10-18-71(99)90-55-58-14-6-4-7-15-58)116-53-35-73(101)86-37-12-41-110-45-49-114-50-46-111-42-13-40-98-69-17-8-5-11-36-82(84,75(69)96-97-98)80(106)88-39-44-113-48-52-115-51-47-112-43-38-87-72(100)34-32-68(79(104)105)93-77(102)59-19-26-64(27-20-59)89-56-65-57-91-76-74(92-65)78(103)95-81(85)94-76/h4,6-7,14-15,19-31,33,54,57,68,89H,5,8,10-13,17-18,32,34-53,55-56H2,1-3H3,(H,86,101)(H,87,100)(H,88,106)(H,90,99)(H,93,102)(H,104,105)(H3,85,91,94,95,103). The van der Waals surface area contributed by atoms with E-state index >= 15 is 4.39 Å². The van der Waals surface area contributed by atoms with Gasteiger partial charge in [-0.25, -0.2) is 23.8 Å². The van der Waals surface area contributed by atoms with Crippen molar-refractivity contribution in [1.29, 1.82) is 0 Å². The summed E-state index contributed by atoms with van der Waals surface area (Å²) in [5.41, 5.74) is 9.23. The maximum atomic E-state index is 16.8. The van der Waals surface area contributed by atoms with E-state index in [1.54, 1.807) is 49.9 Å². The number of carboxylic acid groups (broad SMARTS) is 1. The fourth-order valence-corrected chi connectivity index (χ4v) is 14.1. The molecule has 33 heteroatoms. The number of halogens is 1. The molecule has 1 aliphatic carbocycles. The second kappa shape index (κ2) is 47.7. The molecule has 620 valence electrons. The predicted octanol–water partition coefficient (Wildman–Crippen LogP) is 7.26. The third-order valence-corrected chi connectivity index (χ3v) is 20.2. The number of aryl methyl sites for hydroxylation is 1. The lowest BCUT2D eigenvalue weighted by Crippen LogP contribution is -2.44. The van der Waals surface area contributed by atoms with Gasteiger partial charge in [0.2, 0.25) is 29.3 Å². The summed E-state index contributed by atoms with van der Waals surface area (Å²) in [4.78, 5) is 104. The number of carboxylic acids is 1. The van der Waals surface area contributed by atoms with Gasteiger partial charge in [0.15, 0.2) is 11.2 Å². The van der Waals surface area contributed by atoms with E-state index in [1.807, 2.05) is 97.1 Å². The minimum atomic E-state index is -2.36. The number of H-pyrrole nitrogens is 1. The molecule has 5 aromatic carbocycles. The molecule has 0 saturated carbocycles. The number of alkyl halides is 1. The smallest absolute Gasteiger partial charge is 0.326 e. The number of rotatable bonds is 50. The fourth-order valence-electron chi connectivity index (χ4n) is 12.6. The van der Waals surface area contributed by atoms with Crippen LogP contribution in [0.3, 0.4) is 0 Å². The van der Waals surface area contributed by atoms with Crippen molar-refractivity contribution in [3.63, 3.8) is 0 Å². The van der Waals surface area contributed by atoms with Crippen molar-refractivity contribution >= 4 is 70.1 Å². The molecular formula is C83H103FN14O17S. The molecule has 0 saturated heterocycles. The topological polar surface area (TPSA) is 406 Å². The van der Waals surface area contributed by atoms with Crippen molar-refractivity contribution in [2.24, 2.45) is 0 Å². The third-order valence-electron chi connectivity index (χ3n) is 18.7. The number of thioether (sulfide) groups is 1. The van der Waals surface area contributed by atoms with Gasteiger partial charge in [0, 0.05) is 88.6 Å². The van der Waals surface area contributed by atoms with Crippen LogP contribution >= 0.6 is 11.8 Å². The number of anilines is 2. The maximum Gasteiger partial charge on any atom is 0.326 e. The Morgan fingerprint density at radius 3 is 1.93 bits per heavy atom. The number of benzene rings is 5. The van der Waals surface area contributed by atoms with Crippen LogP contribution in [0.15, 0.2) is 132 Å². The van der Waals surface area contributed by atoms with Crippen molar-refractivity contribution in [2.75, 3.05) is 137 Å². The van der Waals surface area contributed by atoms with Gasteiger partial charge in [-0.2, -0.15) is 4.98 Å². The highest BCUT2D eigenvalue weighted by atomic mass is 32.2. The van der Waals surface area contributed by atoms with Crippen LogP contribution in [0.5, 0.6) is 17.2 Å². The van der Waals surface area contributed by atoms with E-state index in [0.717, 1.165) is 35.1 Å². The van der Waals surface area contributed by atoms with Crippen LogP contribution in [-0.4, -0.2) is 208 Å². The van der Waals surface area contributed by atoms with Gasteiger partial charge in [-0.15, -0.1) is 16.9 Å². The number of nitrogens with one attached hydrogen (secondary N) is 7. The van der Waals surface area contributed by atoms with Crippen LogP contribution in [-0.2, 0) is 88.9 Å². The number of nitrogen functional groups attached to an aromatic ring is 1. The van der Waals surface area contributed by atoms with E-state index in [0.29, 0.717) is 137 Å². The second-order valence-corrected chi connectivity index (χ2v) is 28.2. The molecule has 8 aromatic rings. The monoisotopic (exact) mass is 1620 g/mol. The zero-order chi connectivity index (χ0) is 82.2. The van der Waals surface area contributed by atoms with Crippen LogP contribution in [0.1, 0.15) is 126 Å². The summed E-state index contributed by atoms with van der Waals surface area (Å²) < 4.78 is 68.7. The number of amides is 5. The number of nitrogens with two attached hydrogens (primary N) is 1. The fraction of sp³-hybridized carbons (Fsp3) is 0.446. The first-order chi connectivity index (χ1) is 56.5. The molecule has 3 aromatic heterocycles. The summed E-state index contributed by atoms with van der Waals surface area (Å²) in [5, 5.41) is 35.2. The lowest BCUT2D eigenvalue weighted by atomic mass is 9.83. The number of hydrogen-bond acceptors (Lipinski definition) is 24. The highest BCUT2D eigenvalue weighted by molar-refractivity contribution is 8.00. The molecule has 5 amide bonds. The van der Waals surface area contributed by atoms with E-state index < -0.39 is 45.7 Å². The Kier molecular flexibility index (Phi) is 36.5. The van der Waals surface area contributed by atoms with Crippen molar-refractivity contribution in [3.05, 3.63) is 188 Å². The minimum Gasteiger partial charge on any atom is -0.497 e. The number of methoxy groups -OCH3 is 3. The quantitative estimate of drug-likeness (QED) is 0.0103. The number of hydrogen-bond donors (Lipinski definition) is 9. The molecule has 0 bridgehead atoms. The van der Waals surface area contributed by atoms with Gasteiger partial charge in [-0.1, -0.05) is 84.1 Å². The molecular weight excluding hydrogens is 1520 g/mol. The molecule has 10 N–H and O–H groups in total. The summed E-state index contributed by atoms with van der Waals surface area (Å²) in [6.07, 6.45) is 5.71. The summed E-state index contributed by atoms with van der Waals surface area (Å²) in [6, 6.07) is 36.5. The molecule has 0 spiro atoms. The first kappa shape index (κ1) is 88.8. The highest BCUT2D eigenvalue weighted by Gasteiger charge is 2.46. The van der Waals surface area contributed by atoms with Crippen LogP contribution in [0.25, 0.3) is 11.2 Å². The minimum absolute atomic E-state index is 0.0264. The van der Waals surface area contributed by atoms with Crippen LogP contribution in [0, 0.1) is 11.8 Å². The normalized spacial score (nSPS) is 13.5. The number of aromatic nitrogens is 7. The van der Waals surface area contributed by atoms with Gasteiger partial charge in [-0.05, 0) is 128 Å². The third kappa shape index (κ3) is 27.5. The van der Waals surface area contributed by atoms with Gasteiger partial charge in [0.05, 0.1) is 122 Å². The zero-order valence-corrected chi connectivity index (χ0v) is 66.5. The Balaban J connectivity index is 0.588. The Bertz CT molecular complexity index is 4530. The largest absolute Gasteiger partial charge is 0.497 e. The van der Waals surface area contributed by atoms with E-state index in [2.05, 4.69) is 74.0 Å². The van der Waals surface area contributed by atoms with Crippen LogP contribution in [0.4, 0.5) is 16.0 Å². The summed E-state index contributed by atoms with van der Waals surface area (Å²) in [6.45, 7) is 5.17. The first-order valence-electron chi connectivity index (χ1n) is 38.7. The number of aliphatic carboxylic acids is 1. The lowest BCUT2D eigenvalue weighted by Gasteiger charge is -2.36. The number of ether oxygens (including phenoxy) is 9. The molecule has 9 rings (SSSR count). The second-order valence-electron chi connectivity index (χ2n) is 26.8. The van der Waals surface area contributed by atoms with Crippen LogP contribution < -0.4 is 57.4 Å². The summed E-state index contributed by atoms with van der Waals surface area (Å²) in [5.74, 6) is 5.53. The Morgan fingerprint density at radius 2 is 1.28 bits per heavy atom. The van der Waals surface area contributed by atoms with Crippen molar-refractivity contribution in [1.82, 2.24) is 61.5 Å². The Morgan fingerprint density at radius 1 is 0.664 bits per heavy atom. The number of fused-ring (bicyclic) bond motifs is 2. The molecule has 2 atom stereocenters. The summed E-state index contributed by atoms with van der Waals surface area (Å²) in [7, 11) is 4.86. The average Bonchev–Trinajstić information content (AvgIpc) is 1.03. The molecule has 0 aliphatic heterocycles. The molecule has 1 aliphatic rings. The van der Waals surface area contributed by atoms with E-state index in [-0.39, 0.29) is 132 Å². The van der Waals surface area contributed by atoms with Gasteiger partial charge in [-0.3, -0.25) is 33.8 Å². The maximum absolute atomic E-state index is 16.8. The molecule has 31 nitrogen and oxygen atoms in total. The van der Waals surface area contributed by atoms with Gasteiger partial charge >= 0.3 is 5.97 Å². The van der Waals surface area contributed by atoms with Crippen molar-refractivity contribution in [2.45, 2.75) is 113 Å². The average molecular weight is 1620 g/mol. The predicted molar refractivity (Wildman–Crippen MR) is 433 cm³/mol. The Labute approximate surface area is 676 Å². The molecule has 116 heavy (non-hydrogen) atoms. The number of carbonyl (C=O) groups excluding carboxylic acids is 5.